The van der Waals surface area contributed by atoms with Crippen LogP contribution in [0.4, 0.5) is 5.69 Å². The van der Waals surface area contributed by atoms with Gasteiger partial charge in [0.15, 0.2) is 0 Å². The molecular formula is C6H7BBrN2O. The molecule has 0 unspecified atom stereocenters. The fraction of sp³-hybridized carbons (Fsp3) is 0.167. The molecule has 0 aromatic carbocycles. The van der Waals surface area contributed by atoms with Crippen LogP contribution >= 0.6 is 15.9 Å². The fourth-order valence-corrected chi connectivity index (χ4v) is 1.15. The molecule has 0 fully saturated rings. The monoisotopic (exact) mass is 213 g/mol. The van der Waals surface area contributed by atoms with Gasteiger partial charge >= 0.3 is 7.62 Å². The van der Waals surface area contributed by atoms with Gasteiger partial charge in [-0.1, -0.05) is 0 Å². The minimum atomic E-state index is 0.790. The molecule has 0 saturated carbocycles. The molecular weight excluding hydrogens is 207 g/mol. The zero-order valence-corrected chi connectivity index (χ0v) is 7.59. The van der Waals surface area contributed by atoms with E-state index in [1.165, 1.54) is 0 Å². The second-order valence-electron chi connectivity index (χ2n) is 2.04. The third-order valence-electron chi connectivity index (χ3n) is 1.27. The maximum Gasteiger partial charge on any atom is 0.433 e. The largest absolute Gasteiger partial charge is 0.435 e. The van der Waals surface area contributed by atoms with Gasteiger partial charge in [0.2, 0.25) is 0 Å². The van der Waals surface area contributed by atoms with Crippen molar-refractivity contribution in [1.82, 2.24) is 4.98 Å². The molecule has 3 nitrogen and oxygen atoms in total. The number of aromatic nitrogens is 1. The Morgan fingerprint density at radius 3 is 2.91 bits per heavy atom. The van der Waals surface area contributed by atoms with Crippen molar-refractivity contribution in [2.45, 2.75) is 6.92 Å². The summed E-state index contributed by atoms with van der Waals surface area (Å²) in [4.78, 5) is 4.12. The first kappa shape index (κ1) is 8.55. The van der Waals surface area contributed by atoms with Gasteiger partial charge in [0, 0.05) is 5.69 Å². The first-order valence-corrected chi connectivity index (χ1v) is 3.89. The minimum Gasteiger partial charge on any atom is -0.435 e. The molecule has 1 rings (SSSR count). The molecule has 11 heavy (non-hydrogen) atoms. The summed E-state index contributed by atoms with van der Waals surface area (Å²) in [5.74, 6) is 0. The van der Waals surface area contributed by atoms with Crippen molar-refractivity contribution in [3.05, 3.63) is 22.4 Å². The van der Waals surface area contributed by atoms with Crippen molar-refractivity contribution in [3.8, 4) is 0 Å². The highest BCUT2D eigenvalue weighted by Gasteiger charge is 1.98. The number of anilines is 1. The maximum atomic E-state index is 8.44. The van der Waals surface area contributed by atoms with Gasteiger partial charge in [-0.3, -0.25) is 0 Å². The molecule has 1 heterocycles. The third kappa shape index (κ3) is 2.20. The lowest BCUT2D eigenvalue weighted by atomic mass is 10.2. The van der Waals surface area contributed by atoms with Crippen molar-refractivity contribution in [2.24, 2.45) is 0 Å². The number of pyridine rings is 1. The van der Waals surface area contributed by atoms with Gasteiger partial charge in [0.25, 0.3) is 0 Å². The van der Waals surface area contributed by atoms with E-state index in [0.717, 1.165) is 23.6 Å². The molecule has 0 bridgehead atoms. The summed E-state index contributed by atoms with van der Waals surface area (Å²) in [6, 6.07) is 3.64. The van der Waals surface area contributed by atoms with Crippen molar-refractivity contribution in [3.63, 3.8) is 0 Å². The van der Waals surface area contributed by atoms with Crippen molar-refractivity contribution >= 4 is 29.2 Å². The van der Waals surface area contributed by atoms with Crippen LogP contribution in [-0.4, -0.2) is 17.6 Å². The molecule has 0 aliphatic carbocycles. The zero-order valence-electron chi connectivity index (χ0n) is 6.00. The van der Waals surface area contributed by atoms with E-state index in [1.54, 1.807) is 6.07 Å². The Labute approximate surface area is 74.3 Å². The number of nitrogens with one attached hydrogen (secondary N) is 1. The molecule has 57 valence electrons. The molecule has 1 aromatic heterocycles. The van der Waals surface area contributed by atoms with Gasteiger partial charge in [-0.2, -0.15) is 0 Å². The molecule has 1 aromatic rings. The fourth-order valence-electron chi connectivity index (χ4n) is 0.753. The number of rotatable bonds is 2. The van der Waals surface area contributed by atoms with Gasteiger partial charge in [0.05, 0.1) is 5.69 Å². The third-order valence-corrected chi connectivity index (χ3v) is 1.71. The molecule has 0 amide bonds. The average Bonchev–Trinajstić information content (AvgIpc) is 1.95. The first-order valence-electron chi connectivity index (χ1n) is 3.09. The van der Waals surface area contributed by atoms with E-state index in [1.807, 2.05) is 13.0 Å². The Kier molecular flexibility index (Phi) is 2.90. The number of aryl methyl sites for hydroxylation is 1. The Hall–Kier alpha value is -0.545. The maximum absolute atomic E-state index is 8.44. The van der Waals surface area contributed by atoms with Crippen LogP contribution in [0.25, 0.3) is 0 Å². The molecule has 0 aliphatic rings. The molecule has 5 heteroatoms. The van der Waals surface area contributed by atoms with E-state index in [2.05, 4.69) is 26.1 Å². The topological polar surface area (TPSA) is 45.2 Å². The van der Waals surface area contributed by atoms with E-state index in [0.29, 0.717) is 0 Å². The highest BCUT2D eigenvalue weighted by Crippen LogP contribution is 2.14. The average molecular weight is 214 g/mol. The van der Waals surface area contributed by atoms with E-state index >= 15 is 0 Å². The summed E-state index contributed by atoms with van der Waals surface area (Å²) in [5.41, 5.74) is 1.64. The number of hydrogen-bond acceptors (Lipinski definition) is 3. The number of hydrogen-bond donors (Lipinski definition) is 2. The van der Waals surface area contributed by atoms with Crippen LogP contribution in [0.2, 0.25) is 0 Å². The summed E-state index contributed by atoms with van der Waals surface area (Å²) in [5, 5.41) is 11.1. The first-order chi connectivity index (χ1) is 5.24. The van der Waals surface area contributed by atoms with Crippen LogP contribution in [0.15, 0.2) is 16.7 Å². The standard InChI is InChI=1S/C6H7BBrN2O/c1-4-5(10-7-11)2-3-6(8)9-4/h2-3,10-11H,1H3. The zero-order chi connectivity index (χ0) is 8.27. The Morgan fingerprint density at radius 2 is 2.36 bits per heavy atom. The SMILES string of the molecule is Cc1nc(Br)ccc1N[B]O. The van der Waals surface area contributed by atoms with Crippen molar-refractivity contribution in [2.75, 3.05) is 5.23 Å². The van der Waals surface area contributed by atoms with Gasteiger partial charge in [-0.05, 0) is 35.0 Å². The summed E-state index contributed by atoms with van der Waals surface area (Å²) >= 11 is 3.24. The predicted octanol–water partition coefficient (Wildman–Crippen LogP) is 1.09. The van der Waals surface area contributed by atoms with Gasteiger partial charge < -0.3 is 10.3 Å². The smallest absolute Gasteiger partial charge is 0.433 e. The lowest BCUT2D eigenvalue weighted by Crippen LogP contribution is -2.06. The minimum absolute atomic E-state index is 0.790. The van der Waals surface area contributed by atoms with E-state index < -0.39 is 0 Å². The normalized spacial score (nSPS) is 9.36. The van der Waals surface area contributed by atoms with Crippen molar-refractivity contribution < 1.29 is 5.02 Å². The second kappa shape index (κ2) is 3.73. The number of halogens is 1. The van der Waals surface area contributed by atoms with Crippen LogP contribution < -0.4 is 5.23 Å². The summed E-state index contributed by atoms with van der Waals surface area (Å²) in [6.07, 6.45) is 0. The lowest BCUT2D eigenvalue weighted by molar-refractivity contribution is 0.609. The number of nitrogens with zero attached hydrogens (tertiary/aromatic N) is 1. The summed E-state index contributed by atoms with van der Waals surface area (Å²) in [7, 11) is 0.887. The summed E-state index contributed by atoms with van der Waals surface area (Å²) in [6.45, 7) is 1.86. The van der Waals surface area contributed by atoms with E-state index in [-0.39, 0.29) is 0 Å². The van der Waals surface area contributed by atoms with Crippen LogP contribution in [-0.2, 0) is 0 Å². The van der Waals surface area contributed by atoms with Gasteiger partial charge in [0.1, 0.15) is 4.60 Å². The highest BCUT2D eigenvalue weighted by molar-refractivity contribution is 9.10. The molecule has 0 atom stereocenters. The van der Waals surface area contributed by atoms with Crippen molar-refractivity contribution in [1.29, 1.82) is 0 Å². The molecule has 0 aliphatic heterocycles. The second-order valence-corrected chi connectivity index (χ2v) is 2.85. The molecule has 0 spiro atoms. The molecule has 2 N–H and O–H groups in total. The quantitative estimate of drug-likeness (QED) is 0.571. The highest BCUT2D eigenvalue weighted by atomic mass is 79.9. The van der Waals surface area contributed by atoms with Gasteiger partial charge in [-0.15, -0.1) is 0 Å². The van der Waals surface area contributed by atoms with E-state index in [9.17, 15) is 0 Å². The van der Waals surface area contributed by atoms with E-state index in [4.69, 9.17) is 5.02 Å². The Bertz CT molecular complexity index is 256. The van der Waals surface area contributed by atoms with Gasteiger partial charge in [-0.25, -0.2) is 4.98 Å². The molecule has 0 saturated heterocycles. The van der Waals surface area contributed by atoms with Crippen LogP contribution in [0.5, 0.6) is 0 Å². The lowest BCUT2D eigenvalue weighted by Gasteiger charge is -2.03. The molecule has 1 radical (unpaired) electrons. The predicted molar refractivity (Wildman–Crippen MR) is 48.3 cm³/mol. The van der Waals surface area contributed by atoms with Crippen LogP contribution in [0.3, 0.4) is 0 Å². The van der Waals surface area contributed by atoms with Crippen LogP contribution in [0, 0.1) is 6.92 Å². The summed E-state index contributed by atoms with van der Waals surface area (Å²) < 4.78 is 0.790. The Morgan fingerprint density at radius 1 is 1.64 bits per heavy atom. The van der Waals surface area contributed by atoms with Crippen LogP contribution in [0.1, 0.15) is 5.69 Å². The Balaban J connectivity index is 2.90.